The van der Waals surface area contributed by atoms with Crippen LogP contribution in [0, 0.1) is 13.8 Å². The van der Waals surface area contributed by atoms with E-state index < -0.39 is 17.1 Å². The second-order valence-electron chi connectivity index (χ2n) is 6.95. The van der Waals surface area contributed by atoms with E-state index >= 15 is 0 Å². The van der Waals surface area contributed by atoms with Crippen LogP contribution < -0.4 is 11.2 Å². The Kier molecular flexibility index (Phi) is 4.11. The van der Waals surface area contributed by atoms with E-state index in [0.717, 1.165) is 38.2 Å². The van der Waals surface area contributed by atoms with Gasteiger partial charge in [-0.2, -0.15) is 0 Å². The van der Waals surface area contributed by atoms with Crippen LogP contribution in [0.2, 0.25) is 0 Å². The summed E-state index contributed by atoms with van der Waals surface area (Å²) in [5.41, 5.74) is 4.23. The lowest BCUT2D eigenvalue weighted by Crippen LogP contribution is -2.30. The molecule has 4 rings (SSSR count). The summed E-state index contributed by atoms with van der Waals surface area (Å²) in [4.78, 5) is 31.7. The Hall–Kier alpha value is -3.67. The largest absolute Gasteiger partial charge is 0.494 e. The van der Waals surface area contributed by atoms with E-state index in [9.17, 15) is 14.7 Å². The highest BCUT2D eigenvalue weighted by Gasteiger charge is 2.20. The van der Waals surface area contributed by atoms with Gasteiger partial charge in [0.1, 0.15) is 5.56 Å². The first-order valence-corrected chi connectivity index (χ1v) is 8.89. The van der Waals surface area contributed by atoms with Crippen molar-refractivity contribution in [3.63, 3.8) is 0 Å². The first-order chi connectivity index (χ1) is 13.3. The normalized spacial score (nSPS) is 14.2. The number of hydrogen-bond donors (Lipinski definition) is 2. The number of para-hydroxylation sites is 1. The fraction of sp³-hybridized carbons (Fsp3) is 0.136. The zero-order chi connectivity index (χ0) is 20.0. The Balaban J connectivity index is 1.97. The van der Waals surface area contributed by atoms with Crippen LogP contribution in [0.15, 0.2) is 57.0 Å². The minimum absolute atomic E-state index is 0.0139. The molecule has 0 radical (unpaired) electrons. The minimum atomic E-state index is -0.688. The third-order valence-corrected chi connectivity index (χ3v) is 4.75. The molecule has 0 atom stereocenters. The zero-order valence-electron chi connectivity index (χ0n) is 15.8. The van der Waals surface area contributed by atoms with Crippen molar-refractivity contribution in [2.24, 2.45) is 4.99 Å². The van der Waals surface area contributed by atoms with Gasteiger partial charge in [0.05, 0.1) is 11.4 Å². The third kappa shape index (κ3) is 2.89. The molecule has 0 fully saturated rings. The van der Waals surface area contributed by atoms with E-state index in [1.165, 1.54) is 0 Å². The van der Waals surface area contributed by atoms with Gasteiger partial charge in [0.15, 0.2) is 0 Å². The van der Waals surface area contributed by atoms with E-state index in [4.69, 9.17) is 0 Å². The van der Waals surface area contributed by atoms with Crippen LogP contribution in [-0.4, -0.2) is 20.4 Å². The average molecular weight is 373 g/mol. The smallest absolute Gasteiger partial charge is 0.335 e. The third-order valence-electron chi connectivity index (χ3n) is 4.75. The lowest BCUT2D eigenvalue weighted by molar-refractivity contribution is 0.429. The van der Waals surface area contributed by atoms with Gasteiger partial charge in [0, 0.05) is 16.8 Å². The van der Waals surface area contributed by atoms with Gasteiger partial charge in [-0.15, -0.1) is 0 Å². The maximum Gasteiger partial charge on any atom is 0.335 e. The summed E-state index contributed by atoms with van der Waals surface area (Å²) < 4.78 is 1.11. The van der Waals surface area contributed by atoms with Crippen LogP contribution in [0.3, 0.4) is 0 Å². The number of fused-ring (bicyclic) bond motifs is 1. The Labute approximate surface area is 161 Å². The number of aryl methyl sites for hydroxylation is 2. The van der Waals surface area contributed by atoms with E-state index in [0.29, 0.717) is 5.69 Å². The van der Waals surface area contributed by atoms with Gasteiger partial charge in [-0.05, 0) is 56.2 Å². The van der Waals surface area contributed by atoms with Gasteiger partial charge in [0.2, 0.25) is 5.88 Å². The van der Waals surface area contributed by atoms with E-state index in [1.54, 1.807) is 18.2 Å². The van der Waals surface area contributed by atoms with E-state index in [1.807, 2.05) is 51.1 Å². The topological polar surface area (TPSA) is 87.4 Å². The van der Waals surface area contributed by atoms with Crippen molar-refractivity contribution in [1.29, 1.82) is 0 Å². The zero-order valence-corrected chi connectivity index (χ0v) is 15.8. The van der Waals surface area contributed by atoms with Gasteiger partial charge in [-0.3, -0.25) is 14.8 Å². The van der Waals surface area contributed by atoms with Crippen LogP contribution in [-0.2, 0) is 0 Å². The lowest BCUT2D eigenvalue weighted by Gasteiger charge is -2.12. The summed E-state index contributed by atoms with van der Waals surface area (Å²) in [5, 5.41) is 10.8. The quantitative estimate of drug-likeness (QED) is 0.721. The lowest BCUT2D eigenvalue weighted by atomic mass is 10.0. The molecular weight excluding hydrogens is 354 g/mol. The first kappa shape index (κ1) is 17.7. The molecule has 0 spiro atoms. The molecule has 28 heavy (non-hydrogen) atoms. The predicted octanol–water partition coefficient (Wildman–Crippen LogP) is 3.49. The summed E-state index contributed by atoms with van der Waals surface area (Å²) in [6.07, 6.45) is 1.58. The molecule has 6 nitrogen and oxygen atoms in total. The fourth-order valence-electron chi connectivity index (χ4n) is 3.55. The van der Waals surface area contributed by atoms with E-state index in [-0.39, 0.29) is 5.56 Å². The molecule has 1 aromatic heterocycles. The molecule has 6 heteroatoms. The second-order valence-corrected chi connectivity index (χ2v) is 6.95. The fourth-order valence-corrected chi connectivity index (χ4v) is 3.55. The Morgan fingerprint density at radius 2 is 1.71 bits per heavy atom. The van der Waals surface area contributed by atoms with E-state index in [2.05, 4.69) is 9.98 Å². The van der Waals surface area contributed by atoms with Crippen LogP contribution in [0.4, 0.5) is 5.69 Å². The number of hydrogen-bond acceptors (Lipinski definition) is 4. The van der Waals surface area contributed by atoms with Gasteiger partial charge in [0.25, 0.3) is 5.56 Å². The standard InChI is InChI=1S/C22H19N3O3/c1-12-8-13(2)10-15(9-12)25-21(27)18(20(26)24-22(25)28)11-17-14(3)23-19-7-5-4-6-16(17)19/h4-11,27H,1-3H3,(H,24,26,28). The molecule has 2 N–H and O–H groups in total. The molecule has 140 valence electrons. The van der Waals surface area contributed by atoms with Gasteiger partial charge in [-0.1, -0.05) is 24.3 Å². The summed E-state index contributed by atoms with van der Waals surface area (Å²) >= 11 is 0. The number of rotatable bonds is 2. The van der Waals surface area contributed by atoms with Crippen molar-refractivity contribution < 1.29 is 5.11 Å². The number of aliphatic imine (C=N–C) groups is 1. The van der Waals surface area contributed by atoms with Crippen LogP contribution >= 0.6 is 0 Å². The highest BCUT2D eigenvalue weighted by Crippen LogP contribution is 2.36. The number of benzene rings is 2. The van der Waals surface area contributed by atoms with Crippen molar-refractivity contribution in [2.75, 3.05) is 0 Å². The average Bonchev–Trinajstić information content (AvgIpc) is 2.92. The monoisotopic (exact) mass is 373 g/mol. The van der Waals surface area contributed by atoms with Crippen LogP contribution in [0.1, 0.15) is 29.2 Å². The maximum atomic E-state index is 12.5. The van der Waals surface area contributed by atoms with Gasteiger partial charge >= 0.3 is 5.69 Å². The molecule has 3 aromatic rings. The summed E-state index contributed by atoms with van der Waals surface area (Å²) in [6.45, 7) is 5.65. The molecular formula is C22H19N3O3. The molecule has 0 saturated heterocycles. The number of nitrogens with zero attached hydrogens (tertiary/aromatic N) is 2. The Morgan fingerprint density at radius 3 is 2.43 bits per heavy atom. The molecule has 2 aromatic carbocycles. The minimum Gasteiger partial charge on any atom is -0.494 e. The van der Waals surface area contributed by atoms with Crippen molar-refractivity contribution >= 4 is 23.0 Å². The highest BCUT2D eigenvalue weighted by molar-refractivity contribution is 6.31. The maximum absolute atomic E-state index is 12.5. The molecule has 0 amide bonds. The molecule has 0 bridgehead atoms. The van der Waals surface area contributed by atoms with Crippen molar-refractivity contribution in [1.82, 2.24) is 9.55 Å². The Morgan fingerprint density at radius 1 is 1.04 bits per heavy atom. The van der Waals surface area contributed by atoms with Gasteiger partial charge in [-0.25, -0.2) is 9.36 Å². The number of allylic oxidation sites excluding steroid dienone is 1. The van der Waals surface area contributed by atoms with Crippen LogP contribution in [0.25, 0.3) is 17.3 Å². The number of aromatic hydroxyl groups is 1. The molecule has 0 saturated carbocycles. The Bertz CT molecular complexity index is 1270. The predicted molar refractivity (Wildman–Crippen MR) is 111 cm³/mol. The van der Waals surface area contributed by atoms with Crippen molar-refractivity contribution in [3.8, 4) is 11.6 Å². The summed E-state index contributed by atoms with van der Waals surface area (Å²) in [5.74, 6) is -0.400. The summed E-state index contributed by atoms with van der Waals surface area (Å²) in [7, 11) is 0. The highest BCUT2D eigenvalue weighted by atomic mass is 16.3. The first-order valence-electron chi connectivity index (χ1n) is 8.89. The number of H-pyrrole nitrogens is 1. The number of aromatic nitrogens is 2. The molecule has 0 unspecified atom stereocenters. The molecule has 0 aliphatic carbocycles. The molecule has 2 heterocycles. The molecule has 1 aliphatic heterocycles. The van der Waals surface area contributed by atoms with Crippen LogP contribution in [0.5, 0.6) is 5.88 Å². The number of nitrogens with one attached hydrogen (secondary N) is 1. The van der Waals surface area contributed by atoms with Crippen molar-refractivity contribution in [2.45, 2.75) is 20.8 Å². The van der Waals surface area contributed by atoms with Crippen molar-refractivity contribution in [3.05, 3.63) is 85.6 Å². The SMILES string of the molecule is CC1=Nc2ccccc2C1=Cc1c(O)n(-c2cc(C)cc(C)c2)c(=O)[nH]c1=O. The molecule has 1 aliphatic rings. The number of aromatic amines is 1. The summed E-state index contributed by atoms with van der Waals surface area (Å²) in [6, 6.07) is 13.1. The van der Waals surface area contributed by atoms with Gasteiger partial charge < -0.3 is 5.11 Å². The second kappa shape index (κ2) is 6.49.